The normalized spacial score (nSPS) is 27.8. The van der Waals surface area contributed by atoms with E-state index in [4.69, 9.17) is 18.9 Å². The summed E-state index contributed by atoms with van der Waals surface area (Å²) in [4.78, 5) is 0. The first-order chi connectivity index (χ1) is 16.5. The van der Waals surface area contributed by atoms with Gasteiger partial charge in [0.2, 0.25) is 0 Å². The number of ether oxygens (including phenoxy) is 4. The molecule has 9 nitrogen and oxygen atoms in total. The molecule has 0 amide bonds. The van der Waals surface area contributed by atoms with E-state index in [1.165, 1.54) is 0 Å². The van der Waals surface area contributed by atoms with Gasteiger partial charge < -0.3 is 44.5 Å². The maximum atomic E-state index is 10.6. The Bertz CT molecular complexity index is 931. The molecule has 35 heavy (non-hydrogen) atoms. The minimum absolute atomic E-state index is 0.335. The first-order valence-electron chi connectivity index (χ1n) is 11.6. The Morgan fingerprint density at radius 1 is 1.17 bits per heavy atom. The van der Waals surface area contributed by atoms with E-state index in [0.29, 0.717) is 36.7 Å². The monoisotopic (exact) mass is 492 g/mol. The van der Waals surface area contributed by atoms with E-state index >= 15 is 0 Å². The highest BCUT2D eigenvalue weighted by atomic mass is 16.7. The van der Waals surface area contributed by atoms with Crippen LogP contribution in [0.3, 0.4) is 0 Å². The van der Waals surface area contributed by atoms with Gasteiger partial charge in [-0.2, -0.15) is 0 Å². The molecule has 194 valence electrons. The summed E-state index contributed by atoms with van der Waals surface area (Å²) in [5.41, 5.74) is 0.674. The highest BCUT2D eigenvalue weighted by Crippen LogP contribution is 2.31. The van der Waals surface area contributed by atoms with Crippen molar-refractivity contribution in [1.82, 2.24) is 0 Å². The van der Waals surface area contributed by atoms with Crippen LogP contribution in [0.15, 0.2) is 48.3 Å². The summed E-state index contributed by atoms with van der Waals surface area (Å²) < 4.78 is 22.7. The number of rotatable bonds is 10. The first kappa shape index (κ1) is 27.3. The number of fused-ring (bicyclic) bond motifs is 1. The van der Waals surface area contributed by atoms with Crippen LogP contribution >= 0.6 is 0 Å². The third-order valence-corrected chi connectivity index (χ3v) is 6.09. The van der Waals surface area contributed by atoms with Gasteiger partial charge in [0.25, 0.3) is 0 Å². The van der Waals surface area contributed by atoms with Gasteiger partial charge in [-0.3, -0.25) is 0 Å². The van der Waals surface area contributed by atoms with Crippen molar-refractivity contribution in [1.29, 1.82) is 0 Å². The van der Waals surface area contributed by atoms with Crippen molar-refractivity contribution < 1.29 is 44.5 Å². The predicted molar refractivity (Wildman–Crippen MR) is 129 cm³/mol. The second kappa shape index (κ2) is 11.7. The minimum atomic E-state index is -1.55. The maximum absolute atomic E-state index is 10.6. The molecule has 0 aliphatic carbocycles. The third-order valence-electron chi connectivity index (χ3n) is 6.09. The molecule has 3 rings (SSSR count). The summed E-state index contributed by atoms with van der Waals surface area (Å²) in [5, 5.41) is 50.2. The van der Waals surface area contributed by atoms with E-state index in [1.54, 1.807) is 19.9 Å². The molecule has 5 N–H and O–H groups in total. The van der Waals surface area contributed by atoms with E-state index < -0.39 is 49.0 Å². The van der Waals surface area contributed by atoms with Crippen LogP contribution < -0.4 is 9.47 Å². The van der Waals surface area contributed by atoms with E-state index in [0.717, 1.165) is 11.1 Å². The van der Waals surface area contributed by atoms with Gasteiger partial charge in [-0.15, -0.1) is 0 Å². The Kier molecular flexibility index (Phi) is 9.11. The molecule has 6 atom stereocenters. The van der Waals surface area contributed by atoms with Crippen LogP contribution in [0.5, 0.6) is 11.5 Å². The number of hydrogen-bond acceptors (Lipinski definition) is 9. The van der Waals surface area contributed by atoms with Crippen molar-refractivity contribution in [3.05, 3.63) is 53.8 Å². The molecule has 1 fully saturated rings. The topological polar surface area (TPSA) is 138 Å². The molecule has 1 aromatic rings. The summed E-state index contributed by atoms with van der Waals surface area (Å²) in [7, 11) is 0. The van der Waals surface area contributed by atoms with Crippen LogP contribution in [-0.2, 0) is 9.47 Å². The van der Waals surface area contributed by atoms with Gasteiger partial charge in [0.1, 0.15) is 48.3 Å². The summed E-state index contributed by atoms with van der Waals surface area (Å²) in [6, 6.07) is 5.59. The molecule has 1 saturated heterocycles. The van der Waals surface area contributed by atoms with Crippen LogP contribution in [0.2, 0.25) is 0 Å². The van der Waals surface area contributed by atoms with Gasteiger partial charge in [-0.25, -0.2) is 0 Å². The zero-order valence-electron chi connectivity index (χ0n) is 20.3. The average Bonchev–Trinajstić information content (AvgIpc) is 2.80. The van der Waals surface area contributed by atoms with Gasteiger partial charge in [0, 0.05) is 11.6 Å². The molecule has 9 heteroatoms. The summed E-state index contributed by atoms with van der Waals surface area (Å²) in [5.74, 6) is 1.92. The molecule has 0 spiro atoms. The fraction of sp³-hybridized carbons (Fsp3) is 0.538. The second-order valence-electron chi connectivity index (χ2n) is 9.48. The third kappa shape index (κ3) is 7.14. The largest absolute Gasteiger partial charge is 0.489 e. The van der Waals surface area contributed by atoms with Gasteiger partial charge in [-0.05, 0) is 64.0 Å². The maximum Gasteiger partial charge on any atom is 0.187 e. The van der Waals surface area contributed by atoms with E-state index in [-0.39, 0.29) is 0 Å². The molecular formula is C26H36O9. The zero-order chi connectivity index (χ0) is 25.8. The number of aliphatic hydroxyl groups is 5. The molecule has 0 aromatic heterocycles. The molecule has 0 radical (unpaired) electrons. The summed E-state index contributed by atoms with van der Waals surface area (Å²) in [6.45, 7) is 8.66. The quantitative estimate of drug-likeness (QED) is 0.309. The van der Waals surface area contributed by atoms with Crippen molar-refractivity contribution in [2.24, 2.45) is 0 Å². The number of hydrogen-bond donors (Lipinski definition) is 5. The van der Waals surface area contributed by atoms with Gasteiger partial charge >= 0.3 is 0 Å². The lowest BCUT2D eigenvalue weighted by molar-refractivity contribution is -0.322. The van der Waals surface area contributed by atoms with E-state index in [1.807, 2.05) is 37.3 Å². The fourth-order valence-corrected chi connectivity index (χ4v) is 3.86. The van der Waals surface area contributed by atoms with Gasteiger partial charge in [0.05, 0.1) is 18.3 Å². The van der Waals surface area contributed by atoms with Crippen molar-refractivity contribution in [2.75, 3.05) is 13.2 Å². The molecule has 0 bridgehead atoms. The predicted octanol–water partition coefficient (Wildman–Crippen LogP) is 1.67. The lowest BCUT2D eigenvalue weighted by atomic mass is 9.94. The fourth-order valence-electron chi connectivity index (χ4n) is 3.86. The molecule has 1 aromatic carbocycles. The standard InChI is InChI=1S/C26H36O9/c1-15(11-12-32-18-9-8-17-7-6-16(2)33-19(17)13-18)5-10-21(26(3,4)31)35-25-24(30)23(29)22(28)20(14-27)34-25/h6-9,11,13,20-25,27-31H,2,5,10,12,14H2,1,3-4H3/b15-11+/t20-,21-,22-,23+,24-,25+/m1/s1. The second-order valence-corrected chi connectivity index (χ2v) is 9.48. The summed E-state index contributed by atoms with van der Waals surface area (Å²) in [6.07, 6.45) is -1.09. The number of aliphatic hydroxyl groups excluding tert-OH is 4. The van der Waals surface area contributed by atoms with Crippen molar-refractivity contribution in [3.8, 4) is 11.5 Å². The van der Waals surface area contributed by atoms with Crippen molar-refractivity contribution in [2.45, 2.75) is 76.0 Å². The summed E-state index contributed by atoms with van der Waals surface area (Å²) >= 11 is 0. The lowest BCUT2D eigenvalue weighted by Gasteiger charge is -2.42. The molecule has 0 unspecified atom stereocenters. The Balaban J connectivity index is 1.55. The molecular weight excluding hydrogens is 456 g/mol. The van der Waals surface area contributed by atoms with Crippen LogP contribution in [0.1, 0.15) is 39.2 Å². The van der Waals surface area contributed by atoms with Crippen LogP contribution in [0.25, 0.3) is 6.08 Å². The van der Waals surface area contributed by atoms with Gasteiger partial charge in [0.15, 0.2) is 6.29 Å². The number of benzene rings is 1. The molecule has 2 aliphatic rings. The highest BCUT2D eigenvalue weighted by molar-refractivity contribution is 5.63. The van der Waals surface area contributed by atoms with Crippen LogP contribution in [-0.4, -0.2) is 81.2 Å². The van der Waals surface area contributed by atoms with E-state index in [9.17, 15) is 25.5 Å². The molecule has 2 aliphatic heterocycles. The van der Waals surface area contributed by atoms with Crippen molar-refractivity contribution in [3.63, 3.8) is 0 Å². The SMILES string of the molecule is C=C1C=Cc2ccc(OC/C=C(\C)CC[C@@H](O[C@@H]3O[C@H](CO)[C@@H](O)[C@H](O)[C@H]3O)C(C)(C)O)cc2O1. The molecule has 0 saturated carbocycles. The van der Waals surface area contributed by atoms with E-state index in [2.05, 4.69) is 6.58 Å². The highest BCUT2D eigenvalue weighted by Gasteiger charge is 2.46. The zero-order valence-corrected chi connectivity index (χ0v) is 20.3. The van der Waals surface area contributed by atoms with Crippen LogP contribution in [0, 0.1) is 0 Å². The van der Waals surface area contributed by atoms with Crippen molar-refractivity contribution >= 4 is 6.08 Å². The first-order valence-corrected chi connectivity index (χ1v) is 11.6. The average molecular weight is 493 g/mol. The number of allylic oxidation sites excluding steroid dienone is 2. The lowest BCUT2D eigenvalue weighted by Crippen LogP contribution is -2.60. The Morgan fingerprint density at radius 2 is 1.91 bits per heavy atom. The Morgan fingerprint density at radius 3 is 2.60 bits per heavy atom. The smallest absolute Gasteiger partial charge is 0.187 e. The Hall–Kier alpha value is -2.24. The van der Waals surface area contributed by atoms with Gasteiger partial charge in [-0.1, -0.05) is 12.2 Å². The molecule has 2 heterocycles. The van der Waals surface area contributed by atoms with Crippen LogP contribution in [0.4, 0.5) is 0 Å². The Labute approximate surface area is 205 Å². The minimum Gasteiger partial charge on any atom is -0.489 e.